The van der Waals surface area contributed by atoms with Gasteiger partial charge in [-0.25, -0.2) is 4.79 Å². The molecule has 0 aliphatic carbocycles. The van der Waals surface area contributed by atoms with E-state index in [0.29, 0.717) is 18.2 Å². The lowest BCUT2D eigenvalue weighted by molar-refractivity contribution is 0.205. The molecular weight excluding hydrogens is 252 g/mol. The number of aromatic amines is 1. The van der Waals surface area contributed by atoms with Crippen LogP contribution in [-0.2, 0) is 13.0 Å². The molecular formula is C10H12N6OS. The molecule has 1 aliphatic rings. The molecule has 0 saturated heterocycles. The maximum atomic E-state index is 12.0. The van der Waals surface area contributed by atoms with E-state index in [0.717, 1.165) is 17.1 Å². The molecule has 2 aromatic heterocycles. The molecule has 0 fully saturated rings. The van der Waals surface area contributed by atoms with Crippen LogP contribution in [0, 0.1) is 6.92 Å². The van der Waals surface area contributed by atoms with E-state index in [2.05, 4.69) is 25.7 Å². The van der Waals surface area contributed by atoms with Crippen LogP contribution in [0.1, 0.15) is 16.3 Å². The number of aryl methyl sites for hydroxylation is 1. The lowest BCUT2D eigenvalue weighted by atomic mass is 10.1. The van der Waals surface area contributed by atoms with Gasteiger partial charge in [-0.05, 0) is 18.9 Å². The molecule has 0 aromatic carbocycles. The third-order valence-corrected chi connectivity index (χ3v) is 3.59. The number of nitrogens with zero attached hydrogens (tertiary/aromatic N) is 4. The maximum Gasteiger partial charge on any atom is 0.324 e. The van der Waals surface area contributed by atoms with Gasteiger partial charge in [0.25, 0.3) is 0 Å². The third kappa shape index (κ3) is 2.06. The number of rotatable bonds is 1. The molecule has 7 nitrogen and oxygen atoms in total. The van der Waals surface area contributed by atoms with Gasteiger partial charge in [-0.1, -0.05) is 11.3 Å². The molecule has 2 amide bonds. The van der Waals surface area contributed by atoms with Gasteiger partial charge in [0.1, 0.15) is 5.01 Å². The van der Waals surface area contributed by atoms with Gasteiger partial charge >= 0.3 is 6.03 Å². The van der Waals surface area contributed by atoms with Crippen molar-refractivity contribution in [1.29, 1.82) is 0 Å². The topological polar surface area (TPSA) is 86.8 Å². The normalized spacial score (nSPS) is 14.4. The fourth-order valence-electron chi connectivity index (χ4n) is 1.91. The van der Waals surface area contributed by atoms with Gasteiger partial charge in [-0.2, -0.15) is 5.10 Å². The Balaban J connectivity index is 1.67. The molecule has 2 aromatic rings. The van der Waals surface area contributed by atoms with Crippen LogP contribution >= 0.6 is 11.3 Å². The largest absolute Gasteiger partial charge is 0.324 e. The van der Waals surface area contributed by atoms with Crippen LogP contribution in [0.3, 0.4) is 0 Å². The number of nitrogens with one attached hydrogen (secondary N) is 2. The first-order chi connectivity index (χ1) is 8.72. The van der Waals surface area contributed by atoms with Gasteiger partial charge in [-0.15, -0.1) is 10.2 Å². The second-order valence-corrected chi connectivity index (χ2v) is 5.28. The first-order valence-electron chi connectivity index (χ1n) is 5.59. The van der Waals surface area contributed by atoms with E-state index < -0.39 is 0 Å². The van der Waals surface area contributed by atoms with Crippen molar-refractivity contribution in [2.24, 2.45) is 0 Å². The number of anilines is 1. The average Bonchev–Trinajstić information content (AvgIpc) is 2.96. The Kier molecular flexibility index (Phi) is 2.71. The van der Waals surface area contributed by atoms with Crippen LogP contribution in [-0.4, -0.2) is 37.9 Å². The first-order valence-corrected chi connectivity index (χ1v) is 6.41. The van der Waals surface area contributed by atoms with Crippen LogP contribution < -0.4 is 5.32 Å². The molecule has 0 bridgehead atoms. The SMILES string of the molecule is Cc1nnc(NC(=O)N2CCc3cn[nH]c3C2)s1. The van der Waals surface area contributed by atoms with E-state index in [4.69, 9.17) is 0 Å². The fraction of sp³-hybridized carbons (Fsp3) is 0.400. The highest BCUT2D eigenvalue weighted by atomic mass is 32.1. The Morgan fingerprint density at radius 3 is 3.22 bits per heavy atom. The summed E-state index contributed by atoms with van der Waals surface area (Å²) in [5.74, 6) is 0. The lowest BCUT2D eigenvalue weighted by Gasteiger charge is -2.25. The van der Waals surface area contributed by atoms with Gasteiger partial charge in [0.05, 0.1) is 18.4 Å². The van der Waals surface area contributed by atoms with E-state index >= 15 is 0 Å². The molecule has 0 atom stereocenters. The van der Waals surface area contributed by atoms with Crippen LogP contribution in [0.2, 0.25) is 0 Å². The van der Waals surface area contributed by atoms with E-state index in [1.54, 1.807) is 4.90 Å². The summed E-state index contributed by atoms with van der Waals surface area (Å²) in [7, 11) is 0. The summed E-state index contributed by atoms with van der Waals surface area (Å²) < 4.78 is 0. The van der Waals surface area contributed by atoms with Crippen molar-refractivity contribution in [3.63, 3.8) is 0 Å². The number of H-pyrrole nitrogens is 1. The standard InChI is InChI=1S/C10H12N6OS/c1-6-13-15-9(18-6)12-10(17)16-3-2-7-4-11-14-8(7)5-16/h4H,2-3,5H2,1H3,(H,11,14)(H,12,15,17). The molecule has 2 N–H and O–H groups in total. The number of aromatic nitrogens is 4. The van der Waals surface area contributed by atoms with Gasteiger partial charge < -0.3 is 4.90 Å². The van der Waals surface area contributed by atoms with Crippen molar-refractivity contribution in [3.05, 3.63) is 22.5 Å². The van der Waals surface area contributed by atoms with Crippen molar-refractivity contribution in [3.8, 4) is 0 Å². The summed E-state index contributed by atoms with van der Waals surface area (Å²) in [5.41, 5.74) is 2.19. The molecule has 8 heteroatoms. The monoisotopic (exact) mass is 264 g/mol. The molecule has 3 heterocycles. The number of amides is 2. The zero-order valence-corrected chi connectivity index (χ0v) is 10.6. The Hall–Kier alpha value is -1.96. The highest BCUT2D eigenvalue weighted by Crippen LogP contribution is 2.18. The number of urea groups is 1. The van der Waals surface area contributed by atoms with Crippen LogP contribution in [0.15, 0.2) is 6.20 Å². The highest BCUT2D eigenvalue weighted by Gasteiger charge is 2.22. The summed E-state index contributed by atoms with van der Waals surface area (Å²) in [4.78, 5) is 13.8. The quantitative estimate of drug-likeness (QED) is 0.809. The zero-order chi connectivity index (χ0) is 12.5. The summed E-state index contributed by atoms with van der Waals surface area (Å²) in [6.07, 6.45) is 2.65. The Morgan fingerprint density at radius 1 is 1.56 bits per heavy atom. The number of fused-ring (bicyclic) bond motifs is 1. The van der Waals surface area contributed by atoms with Gasteiger partial charge in [0.2, 0.25) is 5.13 Å². The summed E-state index contributed by atoms with van der Waals surface area (Å²) in [6, 6.07) is -0.147. The Morgan fingerprint density at radius 2 is 2.44 bits per heavy atom. The molecule has 1 aliphatic heterocycles. The van der Waals surface area contributed by atoms with Crippen LogP contribution in [0.4, 0.5) is 9.93 Å². The van der Waals surface area contributed by atoms with Crippen molar-refractivity contribution in [2.45, 2.75) is 19.9 Å². The summed E-state index contributed by atoms with van der Waals surface area (Å²) in [6.45, 7) is 3.10. The highest BCUT2D eigenvalue weighted by molar-refractivity contribution is 7.15. The van der Waals surface area contributed by atoms with Crippen LogP contribution in [0.5, 0.6) is 0 Å². The van der Waals surface area contributed by atoms with Crippen molar-refractivity contribution in [2.75, 3.05) is 11.9 Å². The third-order valence-electron chi connectivity index (χ3n) is 2.83. The molecule has 94 valence electrons. The average molecular weight is 264 g/mol. The molecule has 0 spiro atoms. The second kappa shape index (κ2) is 4.37. The van der Waals surface area contributed by atoms with E-state index in [1.807, 2.05) is 13.1 Å². The minimum absolute atomic E-state index is 0.147. The summed E-state index contributed by atoms with van der Waals surface area (Å²) >= 11 is 1.37. The molecule has 18 heavy (non-hydrogen) atoms. The van der Waals surface area contributed by atoms with E-state index in [9.17, 15) is 4.79 Å². The van der Waals surface area contributed by atoms with Gasteiger partial charge in [-0.3, -0.25) is 10.4 Å². The Bertz CT molecular complexity index is 576. The minimum Gasteiger partial charge on any atom is -0.318 e. The summed E-state index contributed by atoms with van der Waals surface area (Å²) in [5, 5.41) is 18.8. The molecule has 0 radical (unpaired) electrons. The van der Waals surface area contributed by atoms with Crippen LogP contribution in [0.25, 0.3) is 0 Å². The molecule has 0 unspecified atom stereocenters. The zero-order valence-electron chi connectivity index (χ0n) is 9.80. The smallest absolute Gasteiger partial charge is 0.318 e. The molecule has 0 saturated carbocycles. The predicted octanol–water partition coefficient (Wildman–Crippen LogP) is 1.16. The number of hydrogen-bond donors (Lipinski definition) is 2. The predicted molar refractivity (Wildman–Crippen MR) is 66.4 cm³/mol. The van der Waals surface area contributed by atoms with Crippen molar-refractivity contribution >= 4 is 22.5 Å². The maximum absolute atomic E-state index is 12.0. The lowest BCUT2D eigenvalue weighted by Crippen LogP contribution is -2.38. The minimum atomic E-state index is -0.147. The van der Waals surface area contributed by atoms with Crippen molar-refractivity contribution < 1.29 is 4.79 Å². The van der Waals surface area contributed by atoms with Gasteiger partial charge in [0, 0.05) is 6.54 Å². The number of carbonyl (C=O) groups excluding carboxylic acids is 1. The fourth-order valence-corrected chi connectivity index (χ4v) is 2.49. The number of hydrogen-bond acceptors (Lipinski definition) is 5. The van der Waals surface area contributed by atoms with Gasteiger partial charge in [0.15, 0.2) is 0 Å². The second-order valence-electron chi connectivity index (χ2n) is 4.10. The number of carbonyl (C=O) groups is 1. The van der Waals surface area contributed by atoms with E-state index in [-0.39, 0.29) is 6.03 Å². The van der Waals surface area contributed by atoms with E-state index in [1.165, 1.54) is 16.9 Å². The first kappa shape index (κ1) is 11.1. The Labute approximate surface area is 107 Å². The van der Waals surface area contributed by atoms with Crippen molar-refractivity contribution in [1.82, 2.24) is 25.3 Å². The molecule has 3 rings (SSSR count).